The first kappa shape index (κ1) is 19.9. The van der Waals surface area contributed by atoms with Gasteiger partial charge in [-0.1, -0.05) is 18.9 Å². The molecule has 156 valence electrons. The Bertz CT molecular complexity index is 766. The monoisotopic (exact) mass is 399 g/mol. The third-order valence-electron chi connectivity index (χ3n) is 6.53. The molecule has 2 heterocycles. The fourth-order valence-corrected chi connectivity index (χ4v) is 4.85. The van der Waals surface area contributed by atoms with Crippen LogP contribution in [0.1, 0.15) is 63.9 Å². The second kappa shape index (κ2) is 8.51. The van der Waals surface area contributed by atoms with E-state index in [0.29, 0.717) is 5.88 Å². The summed E-state index contributed by atoms with van der Waals surface area (Å²) in [4.78, 5) is 43.7. The Hall–Kier alpha value is -2.44. The van der Waals surface area contributed by atoms with Crippen LogP contribution in [0.4, 0.5) is 0 Å². The Morgan fingerprint density at radius 1 is 1.14 bits per heavy atom. The molecule has 2 aliphatic carbocycles. The van der Waals surface area contributed by atoms with Gasteiger partial charge in [0, 0.05) is 18.3 Å². The molecule has 29 heavy (non-hydrogen) atoms. The van der Waals surface area contributed by atoms with Gasteiger partial charge in [-0.2, -0.15) is 0 Å². The van der Waals surface area contributed by atoms with Gasteiger partial charge < -0.3 is 10.1 Å². The second-order valence-electron chi connectivity index (χ2n) is 8.43. The summed E-state index contributed by atoms with van der Waals surface area (Å²) in [5.41, 5.74) is 0.799. The molecule has 0 radical (unpaired) electrons. The van der Waals surface area contributed by atoms with Gasteiger partial charge in [0.1, 0.15) is 12.1 Å². The van der Waals surface area contributed by atoms with Crippen LogP contribution in [0.3, 0.4) is 0 Å². The number of amides is 3. The van der Waals surface area contributed by atoms with Gasteiger partial charge in [0.2, 0.25) is 23.6 Å². The Kier molecular flexibility index (Phi) is 5.83. The molecule has 7 heteroatoms. The normalized spacial score (nSPS) is 25.8. The summed E-state index contributed by atoms with van der Waals surface area (Å²) in [7, 11) is 0. The van der Waals surface area contributed by atoms with E-state index in [1.165, 1.54) is 17.7 Å². The molecule has 1 aromatic heterocycles. The van der Waals surface area contributed by atoms with Gasteiger partial charge in [-0.25, -0.2) is 4.98 Å². The molecule has 4 rings (SSSR count). The number of carbonyl (C=O) groups excluding carboxylic acids is 3. The average Bonchev–Trinajstić information content (AvgIpc) is 3.34. The molecule has 0 spiro atoms. The number of nitrogens with one attached hydrogen (secondary N) is 1. The molecule has 0 unspecified atom stereocenters. The molecule has 1 saturated heterocycles. The highest BCUT2D eigenvalue weighted by molar-refractivity contribution is 6.08. The van der Waals surface area contributed by atoms with Gasteiger partial charge in [-0.05, 0) is 51.5 Å². The molecule has 0 aromatic carbocycles. The number of imide groups is 1. The van der Waals surface area contributed by atoms with E-state index >= 15 is 0 Å². The Morgan fingerprint density at radius 2 is 1.76 bits per heavy atom. The van der Waals surface area contributed by atoms with Crippen molar-refractivity contribution >= 4 is 17.7 Å². The van der Waals surface area contributed by atoms with Crippen molar-refractivity contribution < 1.29 is 19.1 Å². The van der Waals surface area contributed by atoms with E-state index in [-0.39, 0.29) is 42.2 Å². The quantitative estimate of drug-likeness (QED) is 0.743. The van der Waals surface area contributed by atoms with Gasteiger partial charge >= 0.3 is 0 Å². The van der Waals surface area contributed by atoms with Gasteiger partial charge in [0.15, 0.2) is 0 Å². The lowest BCUT2D eigenvalue weighted by Gasteiger charge is -2.22. The van der Waals surface area contributed by atoms with Crippen molar-refractivity contribution in [1.82, 2.24) is 15.2 Å². The third kappa shape index (κ3) is 4.00. The minimum atomic E-state index is -0.809. The first-order valence-electron chi connectivity index (χ1n) is 10.8. The van der Waals surface area contributed by atoms with E-state index in [9.17, 15) is 14.4 Å². The van der Waals surface area contributed by atoms with Crippen molar-refractivity contribution in [2.45, 2.75) is 77.0 Å². The van der Waals surface area contributed by atoms with Crippen LogP contribution in [0.25, 0.3) is 0 Å². The van der Waals surface area contributed by atoms with Crippen molar-refractivity contribution in [3.05, 3.63) is 23.9 Å². The number of rotatable bonds is 6. The highest BCUT2D eigenvalue weighted by Crippen LogP contribution is 2.38. The lowest BCUT2D eigenvalue weighted by atomic mass is 9.81. The van der Waals surface area contributed by atoms with E-state index in [1.54, 1.807) is 13.1 Å². The lowest BCUT2D eigenvalue weighted by Crippen LogP contribution is -2.48. The molecule has 3 aliphatic rings. The summed E-state index contributed by atoms with van der Waals surface area (Å²) < 4.78 is 6.02. The smallest absolute Gasteiger partial charge is 0.243 e. The zero-order valence-corrected chi connectivity index (χ0v) is 16.9. The molecule has 2 saturated carbocycles. The van der Waals surface area contributed by atoms with Crippen molar-refractivity contribution in [3.8, 4) is 5.88 Å². The van der Waals surface area contributed by atoms with E-state index < -0.39 is 6.04 Å². The molecule has 3 amide bonds. The van der Waals surface area contributed by atoms with Gasteiger partial charge in [0.05, 0.1) is 11.8 Å². The van der Waals surface area contributed by atoms with Crippen LogP contribution >= 0.6 is 0 Å². The SMILES string of the molecule is C[C@H](C(=O)NCc1cccnc1OC1CCCC1)N1C(=O)[C@H]2CCCC[C@@H]2C1=O. The number of pyridine rings is 1. The van der Waals surface area contributed by atoms with Gasteiger partial charge in [0.25, 0.3) is 0 Å². The maximum absolute atomic E-state index is 12.7. The highest BCUT2D eigenvalue weighted by atomic mass is 16.5. The van der Waals surface area contributed by atoms with Crippen molar-refractivity contribution in [2.75, 3.05) is 0 Å². The Labute approximate surface area is 171 Å². The first-order chi connectivity index (χ1) is 14.1. The van der Waals surface area contributed by atoms with E-state index in [1.807, 2.05) is 12.1 Å². The van der Waals surface area contributed by atoms with E-state index in [0.717, 1.165) is 44.1 Å². The summed E-state index contributed by atoms with van der Waals surface area (Å²) in [5, 5.41) is 2.86. The number of carbonyl (C=O) groups is 3. The second-order valence-corrected chi connectivity index (χ2v) is 8.43. The fourth-order valence-electron chi connectivity index (χ4n) is 4.85. The van der Waals surface area contributed by atoms with Crippen molar-refractivity contribution in [2.24, 2.45) is 11.8 Å². The van der Waals surface area contributed by atoms with Gasteiger partial charge in [-0.3, -0.25) is 19.3 Å². The standard InChI is InChI=1S/C22H29N3O4/c1-14(25-21(27)17-10-4-5-11-18(17)22(25)28)19(26)24-13-15-7-6-12-23-20(15)29-16-8-2-3-9-16/h6-7,12,14,16-18H,2-5,8-11,13H2,1H3,(H,24,26)/t14-,17+,18+/m1/s1. The van der Waals surface area contributed by atoms with Crippen molar-refractivity contribution in [3.63, 3.8) is 0 Å². The first-order valence-corrected chi connectivity index (χ1v) is 10.8. The van der Waals surface area contributed by atoms with Crippen LogP contribution in [-0.2, 0) is 20.9 Å². The maximum Gasteiger partial charge on any atom is 0.243 e. The number of aromatic nitrogens is 1. The van der Waals surface area contributed by atoms with Crippen molar-refractivity contribution in [1.29, 1.82) is 0 Å². The molecular weight excluding hydrogens is 370 g/mol. The van der Waals surface area contributed by atoms with Crippen LogP contribution in [0, 0.1) is 11.8 Å². The molecule has 0 bridgehead atoms. The minimum Gasteiger partial charge on any atom is -0.474 e. The fraction of sp³-hybridized carbons (Fsp3) is 0.636. The zero-order chi connectivity index (χ0) is 20.4. The van der Waals surface area contributed by atoms with E-state index in [4.69, 9.17) is 4.74 Å². The van der Waals surface area contributed by atoms with Gasteiger partial charge in [-0.15, -0.1) is 0 Å². The maximum atomic E-state index is 12.7. The predicted molar refractivity (Wildman–Crippen MR) is 106 cm³/mol. The van der Waals surface area contributed by atoms with Crippen LogP contribution in [0.15, 0.2) is 18.3 Å². The zero-order valence-electron chi connectivity index (χ0n) is 16.9. The topological polar surface area (TPSA) is 88.6 Å². The molecular formula is C22H29N3O4. The van der Waals surface area contributed by atoms with Crippen LogP contribution in [0.2, 0.25) is 0 Å². The number of nitrogens with zero attached hydrogens (tertiary/aromatic N) is 2. The number of hydrogen-bond acceptors (Lipinski definition) is 5. The molecule has 1 aromatic rings. The summed E-state index contributed by atoms with van der Waals surface area (Å²) in [6, 6.07) is 2.88. The number of likely N-dealkylation sites (tertiary alicyclic amines) is 1. The third-order valence-corrected chi connectivity index (χ3v) is 6.53. The van der Waals surface area contributed by atoms with E-state index in [2.05, 4.69) is 10.3 Å². The largest absolute Gasteiger partial charge is 0.474 e. The number of hydrogen-bond donors (Lipinski definition) is 1. The highest BCUT2D eigenvalue weighted by Gasteiger charge is 2.50. The molecule has 3 atom stereocenters. The number of ether oxygens (including phenoxy) is 1. The van der Waals surface area contributed by atoms with Crippen LogP contribution < -0.4 is 10.1 Å². The Morgan fingerprint density at radius 3 is 2.41 bits per heavy atom. The lowest BCUT2D eigenvalue weighted by molar-refractivity contribution is -0.147. The average molecular weight is 399 g/mol. The summed E-state index contributed by atoms with van der Waals surface area (Å²) in [6.45, 7) is 1.88. The summed E-state index contributed by atoms with van der Waals surface area (Å²) in [5.74, 6) is -0.636. The molecule has 1 aliphatic heterocycles. The number of fused-ring (bicyclic) bond motifs is 1. The predicted octanol–water partition coefficient (Wildman–Crippen LogP) is 2.58. The molecule has 3 fully saturated rings. The Balaban J connectivity index is 1.38. The molecule has 1 N–H and O–H groups in total. The summed E-state index contributed by atoms with van der Waals surface area (Å²) in [6.07, 6.45) is 9.70. The van der Waals surface area contributed by atoms with Crippen LogP contribution in [-0.4, -0.2) is 39.8 Å². The van der Waals surface area contributed by atoms with Crippen LogP contribution in [0.5, 0.6) is 5.88 Å². The minimum absolute atomic E-state index is 0.182. The summed E-state index contributed by atoms with van der Waals surface area (Å²) >= 11 is 0. The molecule has 7 nitrogen and oxygen atoms in total.